The summed E-state index contributed by atoms with van der Waals surface area (Å²) in [5.41, 5.74) is 1.00. The molecule has 0 fully saturated rings. The predicted molar refractivity (Wildman–Crippen MR) is 96.3 cm³/mol. The minimum Gasteiger partial charge on any atom is -0.284 e. The second-order valence-corrected chi connectivity index (χ2v) is 9.38. The predicted octanol–water partition coefficient (Wildman–Crippen LogP) is 2.72. The number of halogens is 1. The van der Waals surface area contributed by atoms with Gasteiger partial charge in [-0.25, -0.2) is 21.2 Å². The smallest absolute Gasteiger partial charge is 0.264 e. The monoisotopic (exact) mass is 386 g/mol. The Morgan fingerprint density at radius 3 is 2.16 bits per heavy atom. The van der Waals surface area contributed by atoms with Crippen LogP contribution in [0.1, 0.15) is 12.5 Å². The molecule has 2 rings (SSSR count). The number of anilines is 2. The van der Waals surface area contributed by atoms with Gasteiger partial charge in [0.05, 0.1) is 16.3 Å². The van der Waals surface area contributed by atoms with Crippen LogP contribution in [0, 0.1) is 12.7 Å². The van der Waals surface area contributed by atoms with Crippen molar-refractivity contribution >= 4 is 31.4 Å². The van der Waals surface area contributed by atoms with Crippen molar-refractivity contribution in [3.05, 3.63) is 53.8 Å². The lowest BCUT2D eigenvalue weighted by Crippen LogP contribution is -2.27. The normalized spacial score (nSPS) is 12.0. The maximum absolute atomic E-state index is 13.0. The summed E-state index contributed by atoms with van der Waals surface area (Å²) in [6, 6.07) is 9.29. The molecule has 0 aliphatic carbocycles. The lowest BCUT2D eigenvalue weighted by atomic mass is 10.2. The van der Waals surface area contributed by atoms with Crippen molar-refractivity contribution in [1.82, 2.24) is 0 Å². The van der Waals surface area contributed by atoms with E-state index in [4.69, 9.17) is 0 Å². The topological polar surface area (TPSA) is 83.5 Å². The van der Waals surface area contributed by atoms with Crippen LogP contribution in [0.25, 0.3) is 0 Å². The van der Waals surface area contributed by atoms with E-state index in [1.165, 1.54) is 56.4 Å². The molecule has 2 aromatic rings. The van der Waals surface area contributed by atoms with Crippen LogP contribution in [0.5, 0.6) is 0 Å². The third-order valence-electron chi connectivity index (χ3n) is 3.66. The van der Waals surface area contributed by atoms with E-state index in [1.54, 1.807) is 6.92 Å². The molecule has 0 unspecified atom stereocenters. The number of hydrogen-bond acceptors (Lipinski definition) is 4. The Bertz CT molecular complexity index is 972. The zero-order valence-corrected chi connectivity index (χ0v) is 15.7. The molecular formula is C16H19FN2O4S2. The van der Waals surface area contributed by atoms with Gasteiger partial charge in [-0.15, -0.1) is 0 Å². The zero-order chi connectivity index (χ0) is 18.8. The quantitative estimate of drug-likeness (QED) is 0.827. The van der Waals surface area contributed by atoms with Gasteiger partial charge in [0.2, 0.25) is 10.0 Å². The van der Waals surface area contributed by atoms with E-state index in [0.717, 1.165) is 4.31 Å². The number of rotatable bonds is 6. The molecule has 0 saturated heterocycles. The SMILES string of the molecule is CCS(=O)(=O)Nc1ccc(S(=O)(=O)N(C)c2ccc(F)cc2)c(C)c1. The van der Waals surface area contributed by atoms with Gasteiger partial charge in [-0.05, 0) is 61.9 Å². The number of nitrogens with one attached hydrogen (secondary N) is 1. The van der Waals surface area contributed by atoms with Crippen LogP contribution in [0.3, 0.4) is 0 Å². The summed E-state index contributed by atoms with van der Waals surface area (Å²) in [4.78, 5) is 0.0405. The molecule has 0 heterocycles. The van der Waals surface area contributed by atoms with Gasteiger partial charge in [0.15, 0.2) is 0 Å². The highest BCUT2D eigenvalue weighted by molar-refractivity contribution is 7.93. The lowest BCUT2D eigenvalue weighted by Gasteiger charge is -2.21. The maximum Gasteiger partial charge on any atom is 0.264 e. The Balaban J connectivity index is 2.38. The molecule has 0 spiro atoms. The molecular weight excluding hydrogens is 367 g/mol. The highest BCUT2D eigenvalue weighted by Gasteiger charge is 2.23. The molecule has 0 amide bonds. The van der Waals surface area contributed by atoms with E-state index >= 15 is 0 Å². The van der Waals surface area contributed by atoms with Crippen LogP contribution in [0.4, 0.5) is 15.8 Å². The minimum absolute atomic E-state index is 0.0405. The second kappa shape index (κ2) is 7.01. The molecule has 136 valence electrons. The summed E-state index contributed by atoms with van der Waals surface area (Å²) in [5, 5.41) is 0. The average molecular weight is 386 g/mol. The lowest BCUT2D eigenvalue weighted by molar-refractivity contribution is 0.593. The molecule has 0 atom stereocenters. The third kappa shape index (κ3) is 4.29. The van der Waals surface area contributed by atoms with Crippen molar-refractivity contribution < 1.29 is 21.2 Å². The van der Waals surface area contributed by atoms with Crippen LogP contribution < -0.4 is 9.03 Å². The van der Waals surface area contributed by atoms with E-state index in [-0.39, 0.29) is 10.6 Å². The van der Waals surface area contributed by atoms with Gasteiger partial charge in [0, 0.05) is 12.7 Å². The second-order valence-electron chi connectivity index (χ2n) is 5.43. The summed E-state index contributed by atoms with van der Waals surface area (Å²) in [7, 11) is -5.94. The zero-order valence-electron chi connectivity index (χ0n) is 14.0. The fraction of sp³-hybridized carbons (Fsp3) is 0.250. The van der Waals surface area contributed by atoms with Gasteiger partial charge in [0.1, 0.15) is 5.82 Å². The van der Waals surface area contributed by atoms with Crippen molar-refractivity contribution in [3.8, 4) is 0 Å². The highest BCUT2D eigenvalue weighted by atomic mass is 32.2. The first-order chi connectivity index (χ1) is 11.6. The molecule has 0 aliphatic rings. The van der Waals surface area contributed by atoms with E-state index in [1.807, 2.05) is 0 Å². The molecule has 0 bridgehead atoms. The van der Waals surface area contributed by atoms with Crippen LogP contribution in [-0.4, -0.2) is 29.6 Å². The Labute approximate surface area is 147 Å². The van der Waals surface area contributed by atoms with Crippen LogP contribution in [-0.2, 0) is 20.0 Å². The highest BCUT2D eigenvalue weighted by Crippen LogP contribution is 2.26. The van der Waals surface area contributed by atoms with Gasteiger partial charge in [0.25, 0.3) is 10.0 Å². The Kier molecular flexibility index (Phi) is 5.38. The summed E-state index contributed by atoms with van der Waals surface area (Å²) in [6.45, 7) is 3.08. The molecule has 0 saturated carbocycles. The van der Waals surface area contributed by atoms with Crippen molar-refractivity contribution in [2.45, 2.75) is 18.7 Å². The first-order valence-electron chi connectivity index (χ1n) is 7.42. The molecule has 9 heteroatoms. The number of sulfonamides is 2. The van der Waals surface area contributed by atoms with Gasteiger partial charge >= 0.3 is 0 Å². The third-order valence-corrected chi connectivity index (χ3v) is 6.91. The minimum atomic E-state index is -3.87. The van der Waals surface area contributed by atoms with Gasteiger partial charge < -0.3 is 0 Å². The summed E-state index contributed by atoms with van der Waals surface area (Å²) >= 11 is 0. The largest absolute Gasteiger partial charge is 0.284 e. The number of nitrogens with zero attached hydrogens (tertiary/aromatic N) is 1. The van der Waals surface area contributed by atoms with E-state index < -0.39 is 25.9 Å². The van der Waals surface area contributed by atoms with Crippen molar-refractivity contribution in [1.29, 1.82) is 0 Å². The van der Waals surface area contributed by atoms with Crippen LogP contribution in [0.15, 0.2) is 47.4 Å². The van der Waals surface area contributed by atoms with Crippen molar-refractivity contribution in [3.63, 3.8) is 0 Å². The van der Waals surface area contributed by atoms with Gasteiger partial charge in [-0.3, -0.25) is 9.03 Å². The van der Waals surface area contributed by atoms with Crippen molar-refractivity contribution in [2.24, 2.45) is 0 Å². The Morgan fingerprint density at radius 1 is 1.04 bits per heavy atom. The molecule has 25 heavy (non-hydrogen) atoms. The molecule has 0 aliphatic heterocycles. The number of aryl methyl sites for hydroxylation is 1. The van der Waals surface area contributed by atoms with Crippen LogP contribution in [0.2, 0.25) is 0 Å². The van der Waals surface area contributed by atoms with Crippen molar-refractivity contribution in [2.75, 3.05) is 21.8 Å². The summed E-state index contributed by atoms with van der Waals surface area (Å²) in [5.74, 6) is -0.544. The molecule has 1 N–H and O–H groups in total. The Morgan fingerprint density at radius 2 is 1.64 bits per heavy atom. The molecule has 0 radical (unpaired) electrons. The fourth-order valence-corrected chi connectivity index (χ4v) is 4.22. The number of benzene rings is 2. The van der Waals surface area contributed by atoms with Crippen LogP contribution >= 0.6 is 0 Å². The maximum atomic E-state index is 13.0. The number of hydrogen-bond donors (Lipinski definition) is 1. The molecule has 0 aromatic heterocycles. The van der Waals surface area contributed by atoms with Gasteiger partial charge in [-0.1, -0.05) is 0 Å². The summed E-state index contributed by atoms with van der Waals surface area (Å²) < 4.78 is 65.2. The molecule has 2 aromatic carbocycles. The average Bonchev–Trinajstić information content (AvgIpc) is 2.54. The first kappa shape index (κ1) is 19.2. The van der Waals surface area contributed by atoms with Gasteiger partial charge in [-0.2, -0.15) is 0 Å². The standard InChI is InChI=1S/C16H19FN2O4S2/c1-4-24(20,21)18-14-7-10-16(12(2)11-14)25(22,23)19(3)15-8-5-13(17)6-9-15/h5-11,18H,4H2,1-3H3. The fourth-order valence-electron chi connectivity index (χ4n) is 2.19. The van der Waals surface area contributed by atoms with E-state index in [9.17, 15) is 21.2 Å². The summed E-state index contributed by atoms with van der Waals surface area (Å²) in [6.07, 6.45) is 0. The van der Waals surface area contributed by atoms with E-state index in [2.05, 4.69) is 4.72 Å². The first-order valence-corrected chi connectivity index (χ1v) is 10.5. The Hall–Kier alpha value is -2.13. The van der Waals surface area contributed by atoms with E-state index in [0.29, 0.717) is 16.9 Å². The molecule has 6 nitrogen and oxygen atoms in total.